The number of amides is 1. The number of carbonyl (C=O) groups excluding carboxylic acids is 1. The van der Waals surface area contributed by atoms with Crippen LogP contribution in [0.2, 0.25) is 0 Å². The van der Waals surface area contributed by atoms with Gasteiger partial charge >= 0.3 is 0 Å². The second-order valence-electron chi connectivity index (χ2n) is 5.24. The Balaban J connectivity index is 1.94. The molecule has 116 valence electrons. The lowest BCUT2D eigenvalue weighted by atomic mass is 10.2. The van der Waals surface area contributed by atoms with Gasteiger partial charge in [0.2, 0.25) is 0 Å². The molecule has 0 spiro atoms. The summed E-state index contributed by atoms with van der Waals surface area (Å²) in [6, 6.07) is 13.3. The third-order valence-corrected chi connectivity index (χ3v) is 3.15. The minimum atomic E-state index is -0.526. The van der Waals surface area contributed by atoms with Crippen LogP contribution in [0, 0.1) is 5.82 Å². The molecule has 2 aromatic carbocycles. The van der Waals surface area contributed by atoms with Crippen molar-refractivity contribution in [2.24, 2.45) is 0 Å². The van der Waals surface area contributed by atoms with E-state index in [9.17, 15) is 9.18 Å². The normalized spacial score (nSPS) is 10.5. The molecule has 0 heterocycles. The average Bonchev–Trinajstić information content (AvgIpc) is 2.49. The number of nitrogens with one attached hydrogen (secondary N) is 2. The minimum absolute atomic E-state index is 0.0377. The van der Waals surface area contributed by atoms with Crippen molar-refractivity contribution in [3.63, 3.8) is 0 Å². The zero-order chi connectivity index (χ0) is 15.9. The first-order valence-corrected chi connectivity index (χ1v) is 7.11. The molecule has 0 aliphatic rings. The first kappa shape index (κ1) is 16.0. The molecular weight excluding hydrogens is 281 g/mol. The molecule has 4 nitrogen and oxygen atoms in total. The maximum Gasteiger partial charge on any atom is 0.258 e. The molecular formula is C17H20FN3O. The molecule has 2 N–H and O–H groups in total. The largest absolute Gasteiger partial charge is 0.384 e. The van der Waals surface area contributed by atoms with Gasteiger partial charge in [-0.15, -0.1) is 0 Å². The summed E-state index contributed by atoms with van der Waals surface area (Å²) in [6.45, 7) is 1.78. The maximum absolute atomic E-state index is 13.5. The molecule has 0 aromatic heterocycles. The van der Waals surface area contributed by atoms with Gasteiger partial charge in [-0.3, -0.25) is 4.79 Å². The van der Waals surface area contributed by atoms with Crippen LogP contribution in [0.3, 0.4) is 0 Å². The number of carbonyl (C=O) groups is 1. The fourth-order valence-electron chi connectivity index (χ4n) is 1.94. The highest BCUT2D eigenvalue weighted by Crippen LogP contribution is 2.15. The lowest BCUT2D eigenvalue weighted by Crippen LogP contribution is -2.20. The Morgan fingerprint density at radius 3 is 2.32 bits per heavy atom. The van der Waals surface area contributed by atoms with Crippen LogP contribution in [0.1, 0.15) is 10.4 Å². The number of rotatable bonds is 6. The molecule has 0 aliphatic carbocycles. The molecule has 0 fully saturated rings. The molecule has 1 amide bonds. The highest BCUT2D eigenvalue weighted by Gasteiger charge is 2.10. The molecule has 0 unspecified atom stereocenters. The third kappa shape index (κ3) is 4.56. The Labute approximate surface area is 129 Å². The Bertz CT molecular complexity index is 626. The summed E-state index contributed by atoms with van der Waals surface area (Å²) in [6.07, 6.45) is 0. The molecule has 0 saturated carbocycles. The topological polar surface area (TPSA) is 44.4 Å². The van der Waals surface area contributed by atoms with Gasteiger partial charge in [-0.25, -0.2) is 4.39 Å². The van der Waals surface area contributed by atoms with Crippen LogP contribution in [0.4, 0.5) is 15.8 Å². The summed E-state index contributed by atoms with van der Waals surface area (Å²) in [5.74, 6) is -0.978. The van der Waals surface area contributed by atoms with E-state index in [1.165, 1.54) is 12.1 Å². The summed E-state index contributed by atoms with van der Waals surface area (Å²) in [5, 5.41) is 5.97. The lowest BCUT2D eigenvalue weighted by molar-refractivity contribution is 0.102. The second kappa shape index (κ2) is 7.56. The van der Waals surface area contributed by atoms with Gasteiger partial charge in [0, 0.05) is 24.5 Å². The molecule has 0 atom stereocenters. The van der Waals surface area contributed by atoms with E-state index in [2.05, 4.69) is 15.5 Å². The van der Waals surface area contributed by atoms with Gasteiger partial charge in [0.1, 0.15) is 5.82 Å². The number of anilines is 2. The molecule has 0 aliphatic heterocycles. The standard InChI is InChI=1S/C17H20FN3O/c1-21(2)12-11-19-13-7-9-14(10-8-13)20-17(22)15-5-3-4-6-16(15)18/h3-10,19H,11-12H2,1-2H3,(H,20,22). The Morgan fingerprint density at radius 1 is 1.05 bits per heavy atom. The molecule has 22 heavy (non-hydrogen) atoms. The maximum atomic E-state index is 13.5. The average molecular weight is 301 g/mol. The number of likely N-dealkylation sites (N-methyl/N-ethyl adjacent to an activating group) is 1. The smallest absolute Gasteiger partial charge is 0.258 e. The van der Waals surface area contributed by atoms with Crippen molar-refractivity contribution in [1.29, 1.82) is 0 Å². The van der Waals surface area contributed by atoms with E-state index in [1.807, 2.05) is 26.2 Å². The van der Waals surface area contributed by atoms with Gasteiger partial charge < -0.3 is 15.5 Å². The van der Waals surface area contributed by atoms with Gasteiger partial charge in [-0.05, 0) is 50.5 Å². The molecule has 5 heteroatoms. The molecule has 0 radical (unpaired) electrons. The summed E-state index contributed by atoms with van der Waals surface area (Å²) >= 11 is 0. The van der Waals surface area contributed by atoms with Crippen LogP contribution in [0.15, 0.2) is 48.5 Å². The minimum Gasteiger partial charge on any atom is -0.384 e. The van der Waals surface area contributed by atoms with E-state index in [-0.39, 0.29) is 5.56 Å². The zero-order valence-corrected chi connectivity index (χ0v) is 12.8. The van der Waals surface area contributed by atoms with Gasteiger partial charge in [-0.2, -0.15) is 0 Å². The number of hydrogen-bond acceptors (Lipinski definition) is 3. The predicted molar refractivity (Wildman–Crippen MR) is 87.8 cm³/mol. The predicted octanol–water partition coefficient (Wildman–Crippen LogP) is 3.05. The van der Waals surface area contributed by atoms with E-state index in [0.717, 1.165) is 18.8 Å². The van der Waals surface area contributed by atoms with Crippen LogP contribution < -0.4 is 10.6 Å². The van der Waals surface area contributed by atoms with Crippen LogP contribution in [-0.4, -0.2) is 38.0 Å². The summed E-state index contributed by atoms with van der Waals surface area (Å²) in [4.78, 5) is 14.1. The van der Waals surface area contributed by atoms with Crippen molar-refractivity contribution in [3.05, 3.63) is 59.9 Å². The van der Waals surface area contributed by atoms with Gasteiger partial charge in [0.15, 0.2) is 0 Å². The van der Waals surface area contributed by atoms with Gasteiger partial charge in [0.05, 0.1) is 5.56 Å². The van der Waals surface area contributed by atoms with Crippen LogP contribution in [0.5, 0.6) is 0 Å². The number of benzene rings is 2. The van der Waals surface area contributed by atoms with Crippen molar-refractivity contribution in [3.8, 4) is 0 Å². The summed E-state index contributed by atoms with van der Waals surface area (Å²) in [7, 11) is 4.03. The van der Waals surface area contributed by atoms with Crippen LogP contribution >= 0.6 is 0 Å². The first-order valence-electron chi connectivity index (χ1n) is 7.11. The Kier molecular flexibility index (Phi) is 5.49. The zero-order valence-electron chi connectivity index (χ0n) is 12.8. The summed E-state index contributed by atoms with van der Waals surface area (Å²) < 4.78 is 13.5. The number of halogens is 1. The Hall–Kier alpha value is -2.40. The monoisotopic (exact) mass is 301 g/mol. The van der Waals surface area contributed by atoms with E-state index >= 15 is 0 Å². The van der Waals surface area contributed by atoms with Crippen LogP contribution in [-0.2, 0) is 0 Å². The van der Waals surface area contributed by atoms with E-state index < -0.39 is 11.7 Å². The first-order chi connectivity index (χ1) is 10.6. The Morgan fingerprint density at radius 2 is 1.68 bits per heavy atom. The number of nitrogens with zero attached hydrogens (tertiary/aromatic N) is 1. The van der Waals surface area contributed by atoms with Crippen molar-refractivity contribution in [2.45, 2.75) is 0 Å². The van der Waals surface area contributed by atoms with Crippen molar-refractivity contribution in [1.82, 2.24) is 4.90 Å². The van der Waals surface area contributed by atoms with Gasteiger partial charge in [0.25, 0.3) is 5.91 Å². The van der Waals surface area contributed by atoms with E-state index in [0.29, 0.717) is 5.69 Å². The lowest BCUT2D eigenvalue weighted by Gasteiger charge is -2.12. The highest BCUT2D eigenvalue weighted by atomic mass is 19.1. The van der Waals surface area contributed by atoms with Crippen LogP contribution in [0.25, 0.3) is 0 Å². The van der Waals surface area contributed by atoms with Gasteiger partial charge in [-0.1, -0.05) is 12.1 Å². The fourth-order valence-corrected chi connectivity index (χ4v) is 1.94. The molecule has 2 aromatic rings. The van der Waals surface area contributed by atoms with Crippen molar-refractivity contribution < 1.29 is 9.18 Å². The summed E-state index contributed by atoms with van der Waals surface area (Å²) in [5.41, 5.74) is 1.65. The number of hydrogen-bond donors (Lipinski definition) is 2. The molecule has 0 bridgehead atoms. The third-order valence-electron chi connectivity index (χ3n) is 3.15. The second-order valence-corrected chi connectivity index (χ2v) is 5.24. The van der Waals surface area contributed by atoms with Crippen molar-refractivity contribution in [2.75, 3.05) is 37.8 Å². The quantitative estimate of drug-likeness (QED) is 0.862. The highest BCUT2D eigenvalue weighted by molar-refractivity contribution is 6.04. The SMILES string of the molecule is CN(C)CCNc1ccc(NC(=O)c2ccccc2F)cc1. The molecule has 0 saturated heterocycles. The fraction of sp³-hybridized carbons (Fsp3) is 0.235. The molecule has 2 rings (SSSR count). The van der Waals surface area contributed by atoms with E-state index in [1.54, 1.807) is 24.3 Å². The van der Waals surface area contributed by atoms with E-state index in [4.69, 9.17) is 0 Å². The van der Waals surface area contributed by atoms with Crippen molar-refractivity contribution >= 4 is 17.3 Å².